The van der Waals surface area contributed by atoms with E-state index in [4.69, 9.17) is 18.9 Å². The van der Waals surface area contributed by atoms with Crippen LogP contribution < -0.4 is 0 Å². The summed E-state index contributed by atoms with van der Waals surface area (Å²) in [4.78, 5) is 0. The van der Waals surface area contributed by atoms with Gasteiger partial charge in [0.25, 0.3) is 0 Å². The summed E-state index contributed by atoms with van der Waals surface area (Å²) < 4.78 is 26.1. The Bertz CT molecular complexity index is 1060. The number of rotatable bonds is 22. The SMILES string of the molecule is CCCCCCCCOC1C(O)OC(COC(c2ccccc2)(c2ccccc2)c2ccccc2)C1OCCCCCCCC. The number of unbranched alkanes of at least 4 members (excludes halogenated alkanes) is 10. The number of aliphatic hydroxyl groups excluding tert-OH is 1. The highest BCUT2D eigenvalue weighted by Crippen LogP contribution is 2.41. The quantitative estimate of drug-likeness (QED) is 0.0901. The first-order chi connectivity index (χ1) is 22.2. The molecule has 0 bridgehead atoms. The van der Waals surface area contributed by atoms with Gasteiger partial charge >= 0.3 is 0 Å². The van der Waals surface area contributed by atoms with Crippen molar-refractivity contribution >= 4 is 0 Å². The lowest BCUT2D eigenvalue weighted by molar-refractivity contribution is -0.155. The Labute approximate surface area is 272 Å². The maximum Gasteiger partial charge on any atom is 0.184 e. The van der Waals surface area contributed by atoms with Crippen molar-refractivity contribution in [2.24, 2.45) is 0 Å². The van der Waals surface area contributed by atoms with E-state index in [0.717, 1.165) is 42.4 Å². The molecule has 0 aromatic heterocycles. The topological polar surface area (TPSA) is 57.2 Å². The minimum Gasteiger partial charge on any atom is -0.372 e. The summed E-state index contributed by atoms with van der Waals surface area (Å²) in [5.41, 5.74) is 2.21. The van der Waals surface area contributed by atoms with E-state index in [-0.39, 0.29) is 6.61 Å². The summed E-state index contributed by atoms with van der Waals surface area (Å²) in [6.07, 6.45) is 11.7. The van der Waals surface area contributed by atoms with Gasteiger partial charge in [0.15, 0.2) is 6.29 Å². The zero-order chi connectivity index (χ0) is 31.6. The van der Waals surface area contributed by atoms with Gasteiger partial charge < -0.3 is 24.1 Å². The highest BCUT2D eigenvalue weighted by atomic mass is 16.7. The molecule has 4 atom stereocenters. The predicted octanol–water partition coefficient (Wildman–Crippen LogP) is 9.20. The van der Waals surface area contributed by atoms with E-state index < -0.39 is 30.2 Å². The smallest absolute Gasteiger partial charge is 0.184 e. The fraction of sp³-hybridized carbons (Fsp3) is 0.550. The minimum absolute atomic E-state index is 0.230. The number of ether oxygens (including phenoxy) is 4. The van der Waals surface area contributed by atoms with Crippen LogP contribution in [0.1, 0.15) is 108 Å². The third-order valence-electron chi connectivity index (χ3n) is 8.91. The molecule has 0 spiro atoms. The van der Waals surface area contributed by atoms with Gasteiger partial charge in [0.1, 0.15) is 23.9 Å². The van der Waals surface area contributed by atoms with Crippen molar-refractivity contribution < 1.29 is 24.1 Å². The second-order valence-electron chi connectivity index (χ2n) is 12.4. The van der Waals surface area contributed by atoms with Gasteiger partial charge in [-0.2, -0.15) is 0 Å². The maximum absolute atomic E-state index is 11.1. The Balaban J connectivity index is 1.52. The summed E-state index contributed by atoms with van der Waals surface area (Å²) in [5, 5.41) is 11.1. The second-order valence-corrected chi connectivity index (χ2v) is 12.4. The van der Waals surface area contributed by atoms with Gasteiger partial charge in [0.05, 0.1) is 6.61 Å². The first-order valence-corrected chi connectivity index (χ1v) is 17.6. The molecule has 4 unspecified atom stereocenters. The van der Waals surface area contributed by atoms with E-state index in [0.29, 0.717) is 13.2 Å². The van der Waals surface area contributed by atoms with Crippen molar-refractivity contribution in [3.05, 3.63) is 108 Å². The Kier molecular flexibility index (Phi) is 15.6. The summed E-state index contributed by atoms with van der Waals surface area (Å²) in [5.74, 6) is 0. The Hall–Kier alpha value is -2.54. The zero-order valence-corrected chi connectivity index (χ0v) is 27.7. The maximum atomic E-state index is 11.1. The lowest BCUT2D eigenvalue weighted by Crippen LogP contribution is -2.42. The van der Waals surface area contributed by atoms with E-state index in [1.165, 1.54) is 51.4 Å². The first kappa shape index (κ1) is 35.3. The molecule has 1 saturated heterocycles. The van der Waals surface area contributed by atoms with E-state index >= 15 is 0 Å². The second kappa shape index (κ2) is 19.9. The molecule has 0 radical (unpaired) electrons. The highest BCUT2D eigenvalue weighted by Gasteiger charge is 2.47. The molecule has 5 nitrogen and oxygen atoms in total. The van der Waals surface area contributed by atoms with E-state index in [2.05, 4.69) is 50.2 Å². The lowest BCUT2D eigenvalue weighted by Gasteiger charge is -2.37. The molecule has 1 fully saturated rings. The number of hydrogen-bond acceptors (Lipinski definition) is 5. The van der Waals surface area contributed by atoms with Crippen molar-refractivity contribution in [2.75, 3.05) is 19.8 Å². The van der Waals surface area contributed by atoms with Crippen molar-refractivity contribution in [1.29, 1.82) is 0 Å². The van der Waals surface area contributed by atoms with Gasteiger partial charge in [0, 0.05) is 13.2 Å². The molecule has 0 amide bonds. The van der Waals surface area contributed by atoms with Gasteiger partial charge in [-0.25, -0.2) is 0 Å². The molecule has 1 N–H and O–H groups in total. The van der Waals surface area contributed by atoms with Crippen molar-refractivity contribution in [3.63, 3.8) is 0 Å². The van der Waals surface area contributed by atoms with Crippen molar-refractivity contribution in [1.82, 2.24) is 0 Å². The fourth-order valence-corrected chi connectivity index (χ4v) is 6.40. The van der Waals surface area contributed by atoms with E-state index in [1.54, 1.807) is 0 Å². The number of hydrogen-bond donors (Lipinski definition) is 1. The third-order valence-corrected chi connectivity index (χ3v) is 8.91. The standard InChI is InChI=1S/C40H56O5/c1-3-5-7-9-11-22-30-42-37-36(45-39(41)38(37)43-31-23-12-10-8-6-4-2)32-44-40(33-24-16-13-17-25-33,34-26-18-14-19-27-34)35-28-20-15-21-29-35/h13-21,24-29,36-39,41H,3-12,22-23,30-32H2,1-2H3. The Morgan fingerprint density at radius 1 is 0.556 bits per heavy atom. The molecule has 5 heteroatoms. The highest BCUT2D eigenvalue weighted by molar-refractivity contribution is 5.47. The van der Waals surface area contributed by atoms with E-state index in [1.807, 2.05) is 54.6 Å². The van der Waals surface area contributed by atoms with Gasteiger partial charge in [-0.05, 0) is 29.5 Å². The van der Waals surface area contributed by atoms with Crippen LogP contribution in [-0.2, 0) is 24.5 Å². The van der Waals surface area contributed by atoms with Crippen LogP contribution in [0, 0.1) is 0 Å². The van der Waals surface area contributed by atoms with Crippen LogP contribution in [0.15, 0.2) is 91.0 Å². The van der Waals surface area contributed by atoms with Crippen LogP contribution in [0.4, 0.5) is 0 Å². The van der Waals surface area contributed by atoms with Gasteiger partial charge in [-0.3, -0.25) is 0 Å². The average molecular weight is 617 g/mol. The largest absolute Gasteiger partial charge is 0.372 e. The van der Waals surface area contributed by atoms with Crippen LogP contribution in [0.2, 0.25) is 0 Å². The molecule has 246 valence electrons. The van der Waals surface area contributed by atoms with Gasteiger partial charge in [0.2, 0.25) is 0 Å². The van der Waals surface area contributed by atoms with Crippen molar-refractivity contribution in [3.8, 4) is 0 Å². The Morgan fingerprint density at radius 3 is 1.40 bits per heavy atom. The molecular formula is C40H56O5. The predicted molar refractivity (Wildman–Crippen MR) is 182 cm³/mol. The zero-order valence-electron chi connectivity index (χ0n) is 27.7. The van der Waals surface area contributed by atoms with Gasteiger partial charge in [-0.15, -0.1) is 0 Å². The van der Waals surface area contributed by atoms with Crippen LogP contribution in [0.25, 0.3) is 0 Å². The van der Waals surface area contributed by atoms with E-state index in [9.17, 15) is 5.11 Å². The normalized spacial score (nSPS) is 20.1. The molecule has 1 heterocycles. The van der Waals surface area contributed by atoms with Crippen molar-refractivity contribution in [2.45, 2.75) is 121 Å². The average Bonchev–Trinajstić information content (AvgIpc) is 3.39. The monoisotopic (exact) mass is 616 g/mol. The molecular weight excluding hydrogens is 560 g/mol. The fourth-order valence-electron chi connectivity index (χ4n) is 6.40. The molecule has 0 saturated carbocycles. The van der Waals surface area contributed by atoms with Crippen LogP contribution >= 0.6 is 0 Å². The summed E-state index contributed by atoms with van der Waals surface area (Å²) in [6.45, 7) is 5.91. The minimum atomic E-state index is -1.06. The molecule has 3 aromatic rings. The van der Waals surface area contributed by atoms with Crippen LogP contribution in [-0.4, -0.2) is 49.5 Å². The molecule has 4 rings (SSSR count). The first-order valence-electron chi connectivity index (χ1n) is 17.6. The lowest BCUT2D eigenvalue weighted by atomic mass is 9.80. The summed E-state index contributed by atoms with van der Waals surface area (Å²) in [6, 6.07) is 31.1. The summed E-state index contributed by atoms with van der Waals surface area (Å²) >= 11 is 0. The third kappa shape index (κ3) is 10.2. The molecule has 1 aliphatic heterocycles. The molecule has 1 aliphatic rings. The molecule has 0 aliphatic carbocycles. The van der Waals surface area contributed by atoms with Crippen LogP contribution in [0.3, 0.4) is 0 Å². The number of benzene rings is 3. The molecule has 45 heavy (non-hydrogen) atoms. The number of aliphatic hydroxyl groups is 1. The van der Waals surface area contributed by atoms with Gasteiger partial charge in [-0.1, -0.05) is 169 Å². The molecule has 3 aromatic carbocycles. The van der Waals surface area contributed by atoms with Crippen LogP contribution in [0.5, 0.6) is 0 Å². The Morgan fingerprint density at radius 2 is 0.956 bits per heavy atom. The summed E-state index contributed by atoms with van der Waals surface area (Å²) in [7, 11) is 0.